The van der Waals surface area contributed by atoms with Crippen molar-refractivity contribution in [1.82, 2.24) is 9.88 Å². The van der Waals surface area contributed by atoms with E-state index in [-0.39, 0.29) is 17.8 Å². The van der Waals surface area contributed by atoms with Crippen molar-refractivity contribution < 1.29 is 14.3 Å². The molecular weight excluding hydrogens is 223 g/mol. The van der Waals surface area contributed by atoms with Gasteiger partial charge < -0.3 is 5.11 Å². The van der Waals surface area contributed by atoms with E-state index in [1.807, 2.05) is 6.92 Å². The third-order valence-electron chi connectivity index (χ3n) is 3.33. The number of hydrogen-bond acceptors (Lipinski definition) is 3. The van der Waals surface area contributed by atoms with Gasteiger partial charge in [0.15, 0.2) is 0 Å². The molecule has 0 aromatic carbocycles. The Bertz CT molecular complexity index is 425. The van der Waals surface area contributed by atoms with Crippen molar-refractivity contribution in [1.29, 1.82) is 0 Å². The number of halogens is 1. The van der Waals surface area contributed by atoms with E-state index in [0.717, 1.165) is 12.1 Å². The number of rotatable bonds is 3. The molecule has 0 bridgehead atoms. The van der Waals surface area contributed by atoms with E-state index >= 15 is 0 Å². The van der Waals surface area contributed by atoms with Gasteiger partial charge in [-0.25, -0.2) is 4.39 Å². The molecule has 2 unspecified atom stereocenters. The van der Waals surface area contributed by atoms with Gasteiger partial charge in [0.25, 0.3) is 0 Å². The highest BCUT2D eigenvalue weighted by atomic mass is 19.1. The maximum Gasteiger partial charge on any atom is 0.307 e. The summed E-state index contributed by atoms with van der Waals surface area (Å²) in [5, 5.41) is 8.93. The molecule has 92 valence electrons. The van der Waals surface area contributed by atoms with Crippen molar-refractivity contribution in [3.8, 4) is 0 Å². The molecule has 5 heteroatoms. The second kappa shape index (κ2) is 4.79. The van der Waals surface area contributed by atoms with Crippen molar-refractivity contribution in [3.63, 3.8) is 0 Å². The van der Waals surface area contributed by atoms with Crippen LogP contribution in [0, 0.1) is 11.7 Å². The largest absolute Gasteiger partial charge is 0.481 e. The molecule has 1 aliphatic heterocycles. The van der Waals surface area contributed by atoms with Crippen molar-refractivity contribution in [2.24, 2.45) is 5.92 Å². The summed E-state index contributed by atoms with van der Waals surface area (Å²) in [6, 6.07) is 1.45. The van der Waals surface area contributed by atoms with Crippen LogP contribution in [-0.4, -0.2) is 34.0 Å². The van der Waals surface area contributed by atoms with Crippen LogP contribution in [0.1, 0.15) is 24.9 Å². The van der Waals surface area contributed by atoms with E-state index in [9.17, 15) is 9.18 Å². The van der Waals surface area contributed by atoms with E-state index < -0.39 is 5.97 Å². The molecule has 0 aliphatic carbocycles. The van der Waals surface area contributed by atoms with E-state index in [0.29, 0.717) is 13.0 Å². The van der Waals surface area contributed by atoms with Gasteiger partial charge in [-0.15, -0.1) is 0 Å². The van der Waals surface area contributed by atoms with Gasteiger partial charge in [0.05, 0.1) is 12.1 Å². The number of carboxylic acid groups (broad SMARTS) is 1. The Morgan fingerprint density at radius 1 is 1.65 bits per heavy atom. The van der Waals surface area contributed by atoms with Crippen LogP contribution < -0.4 is 0 Å². The summed E-state index contributed by atoms with van der Waals surface area (Å²) in [6.45, 7) is 3.20. The molecule has 0 amide bonds. The van der Waals surface area contributed by atoms with Crippen LogP contribution >= 0.6 is 0 Å². The summed E-state index contributed by atoms with van der Waals surface area (Å²) in [6.07, 6.45) is 3.45. The monoisotopic (exact) mass is 238 g/mol. The topological polar surface area (TPSA) is 53.4 Å². The number of hydrogen-bond donors (Lipinski definition) is 1. The van der Waals surface area contributed by atoms with Gasteiger partial charge in [-0.2, -0.15) is 0 Å². The Balaban J connectivity index is 2.06. The summed E-state index contributed by atoms with van der Waals surface area (Å²) < 4.78 is 13.0. The smallest absolute Gasteiger partial charge is 0.307 e. The molecule has 1 fully saturated rings. The average Bonchev–Trinajstić information content (AvgIpc) is 2.77. The quantitative estimate of drug-likeness (QED) is 0.870. The molecule has 0 saturated carbocycles. The zero-order valence-corrected chi connectivity index (χ0v) is 9.64. The van der Waals surface area contributed by atoms with Gasteiger partial charge in [-0.1, -0.05) is 0 Å². The first-order valence-corrected chi connectivity index (χ1v) is 5.65. The SMILES string of the molecule is CC(c1cncc(F)c1)N1CCC(C(=O)O)C1. The third kappa shape index (κ3) is 2.61. The summed E-state index contributed by atoms with van der Waals surface area (Å²) in [5.74, 6) is -1.42. The van der Waals surface area contributed by atoms with Crippen molar-refractivity contribution >= 4 is 5.97 Å². The first-order chi connectivity index (χ1) is 8.08. The highest BCUT2D eigenvalue weighted by Crippen LogP contribution is 2.27. The van der Waals surface area contributed by atoms with Crippen LogP contribution in [0.25, 0.3) is 0 Å². The van der Waals surface area contributed by atoms with Crippen LogP contribution in [0.4, 0.5) is 4.39 Å². The summed E-state index contributed by atoms with van der Waals surface area (Å²) in [5.41, 5.74) is 0.788. The second-order valence-corrected chi connectivity index (χ2v) is 4.43. The Morgan fingerprint density at radius 2 is 2.41 bits per heavy atom. The predicted octanol–water partition coefficient (Wildman–Crippen LogP) is 1.69. The molecular formula is C12H15FN2O2. The van der Waals surface area contributed by atoms with Crippen molar-refractivity contribution in [2.75, 3.05) is 13.1 Å². The van der Waals surface area contributed by atoms with Gasteiger partial charge in [0.2, 0.25) is 0 Å². The zero-order chi connectivity index (χ0) is 12.4. The Labute approximate surface area is 99.1 Å². The first-order valence-electron chi connectivity index (χ1n) is 5.65. The van der Waals surface area contributed by atoms with Gasteiger partial charge in [-0.05, 0) is 31.5 Å². The second-order valence-electron chi connectivity index (χ2n) is 4.43. The van der Waals surface area contributed by atoms with Gasteiger partial charge >= 0.3 is 5.97 Å². The maximum atomic E-state index is 13.0. The highest BCUT2D eigenvalue weighted by molar-refractivity contribution is 5.70. The van der Waals surface area contributed by atoms with Crippen LogP contribution in [0.3, 0.4) is 0 Å². The Kier molecular flexibility index (Phi) is 3.38. The molecule has 4 nitrogen and oxygen atoms in total. The lowest BCUT2D eigenvalue weighted by Crippen LogP contribution is -2.26. The van der Waals surface area contributed by atoms with Crippen molar-refractivity contribution in [2.45, 2.75) is 19.4 Å². The van der Waals surface area contributed by atoms with Gasteiger partial charge in [-0.3, -0.25) is 14.7 Å². The van der Waals surface area contributed by atoms with E-state index in [1.54, 1.807) is 6.20 Å². The van der Waals surface area contributed by atoms with Crippen LogP contribution in [0.15, 0.2) is 18.5 Å². The van der Waals surface area contributed by atoms with E-state index in [2.05, 4.69) is 9.88 Å². The minimum atomic E-state index is -0.753. The fourth-order valence-electron chi connectivity index (χ4n) is 2.21. The van der Waals surface area contributed by atoms with Crippen LogP contribution in [0.5, 0.6) is 0 Å². The Morgan fingerprint density at radius 3 is 3.00 bits per heavy atom. The minimum Gasteiger partial charge on any atom is -0.481 e. The molecule has 0 radical (unpaired) electrons. The molecule has 0 spiro atoms. The normalized spacial score (nSPS) is 22.6. The number of aliphatic carboxylic acids is 1. The number of pyridine rings is 1. The summed E-state index contributed by atoms with van der Waals surface area (Å²) in [4.78, 5) is 16.7. The lowest BCUT2D eigenvalue weighted by molar-refractivity contribution is -0.141. The predicted molar refractivity (Wildman–Crippen MR) is 59.9 cm³/mol. The molecule has 1 aromatic heterocycles. The number of nitrogens with zero attached hydrogens (tertiary/aromatic N) is 2. The number of carbonyl (C=O) groups is 1. The number of likely N-dealkylation sites (tertiary alicyclic amines) is 1. The fraction of sp³-hybridized carbons (Fsp3) is 0.500. The summed E-state index contributed by atoms with van der Waals surface area (Å²) >= 11 is 0. The van der Waals surface area contributed by atoms with E-state index in [1.165, 1.54) is 12.3 Å². The number of aromatic nitrogens is 1. The van der Waals surface area contributed by atoms with Crippen LogP contribution in [0.2, 0.25) is 0 Å². The van der Waals surface area contributed by atoms with E-state index in [4.69, 9.17) is 5.11 Å². The summed E-state index contributed by atoms with van der Waals surface area (Å²) in [7, 11) is 0. The molecule has 1 aliphatic rings. The van der Waals surface area contributed by atoms with Crippen LogP contribution in [-0.2, 0) is 4.79 Å². The standard InChI is InChI=1S/C12H15FN2O2/c1-8(10-4-11(13)6-14-5-10)15-3-2-9(7-15)12(16)17/h4-6,8-9H,2-3,7H2,1H3,(H,16,17). The average molecular weight is 238 g/mol. The third-order valence-corrected chi connectivity index (χ3v) is 3.33. The molecule has 1 aromatic rings. The lowest BCUT2D eigenvalue weighted by Gasteiger charge is -2.24. The zero-order valence-electron chi connectivity index (χ0n) is 9.64. The Hall–Kier alpha value is -1.49. The minimum absolute atomic E-state index is 0.00236. The molecule has 2 heterocycles. The fourth-order valence-corrected chi connectivity index (χ4v) is 2.21. The maximum absolute atomic E-state index is 13.0. The molecule has 17 heavy (non-hydrogen) atoms. The molecule has 1 N–H and O–H groups in total. The molecule has 1 saturated heterocycles. The van der Waals surface area contributed by atoms with Gasteiger partial charge in [0.1, 0.15) is 5.82 Å². The molecule has 2 rings (SSSR count). The molecule has 2 atom stereocenters. The first kappa shape index (κ1) is 12.0. The lowest BCUT2D eigenvalue weighted by atomic mass is 10.1. The van der Waals surface area contributed by atoms with Gasteiger partial charge in [0, 0.05) is 18.8 Å². The van der Waals surface area contributed by atoms with Crippen molar-refractivity contribution in [3.05, 3.63) is 29.8 Å². The number of carboxylic acids is 1. The highest BCUT2D eigenvalue weighted by Gasteiger charge is 2.31.